The number of fused-ring (bicyclic) bond motifs is 1. The fourth-order valence-corrected chi connectivity index (χ4v) is 5.23. The third kappa shape index (κ3) is 4.45. The number of hydrogen-bond donors (Lipinski definition) is 0. The Kier molecular flexibility index (Phi) is 6.29. The average molecular weight is 444 g/mol. The molecular weight excluding hydrogens is 410 g/mol. The Morgan fingerprint density at radius 3 is 2.73 bits per heavy atom. The van der Waals surface area contributed by atoms with Gasteiger partial charge in [-0.1, -0.05) is 24.3 Å². The first-order valence-corrected chi connectivity index (χ1v) is 11.9. The lowest BCUT2D eigenvalue weighted by molar-refractivity contribution is 0.187. The molecule has 4 heterocycles. The molecule has 1 aliphatic heterocycles. The van der Waals surface area contributed by atoms with E-state index in [1.807, 2.05) is 30.3 Å². The topological polar surface area (TPSA) is 48.1 Å². The first-order chi connectivity index (χ1) is 16.1. The van der Waals surface area contributed by atoms with Crippen molar-refractivity contribution < 1.29 is 4.74 Å². The third-order valence-corrected chi connectivity index (χ3v) is 7.01. The highest BCUT2D eigenvalue weighted by Gasteiger charge is 2.24. The van der Waals surface area contributed by atoms with E-state index in [9.17, 15) is 0 Å². The van der Waals surface area contributed by atoms with Crippen molar-refractivity contribution >= 4 is 10.9 Å². The second kappa shape index (κ2) is 9.49. The Morgan fingerprint density at radius 2 is 1.97 bits per heavy atom. The molecule has 1 atom stereocenters. The Balaban J connectivity index is 1.34. The number of benzene rings is 1. The van der Waals surface area contributed by atoms with E-state index >= 15 is 0 Å². The van der Waals surface area contributed by atoms with Crippen LogP contribution < -0.4 is 0 Å². The van der Waals surface area contributed by atoms with Gasteiger partial charge in [0.15, 0.2) is 0 Å². The average Bonchev–Trinajstić information content (AvgIpc) is 3.39. The predicted molar refractivity (Wildman–Crippen MR) is 132 cm³/mol. The maximum Gasteiger partial charge on any atom is 0.0642 e. The van der Waals surface area contributed by atoms with Gasteiger partial charge in [-0.2, -0.15) is 5.10 Å². The molecular formula is C27H33N5O. The van der Waals surface area contributed by atoms with E-state index in [2.05, 4.69) is 57.9 Å². The molecule has 1 fully saturated rings. The van der Waals surface area contributed by atoms with Crippen molar-refractivity contribution in [3.63, 3.8) is 0 Å². The van der Waals surface area contributed by atoms with Gasteiger partial charge in [-0.05, 0) is 44.0 Å². The molecule has 1 aliphatic rings. The van der Waals surface area contributed by atoms with Gasteiger partial charge in [0.25, 0.3) is 0 Å². The summed E-state index contributed by atoms with van der Waals surface area (Å²) in [5, 5.41) is 5.64. The minimum atomic E-state index is 0.476. The van der Waals surface area contributed by atoms with Crippen molar-refractivity contribution in [2.45, 2.75) is 38.8 Å². The molecule has 0 unspecified atom stereocenters. The van der Waals surface area contributed by atoms with Crippen LogP contribution in [-0.2, 0) is 24.9 Å². The summed E-state index contributed by atoms with van der Waals surface area (Å²) in [4.78, 5) is 7.46. The van der Waals surface area contributed by atoms with E-state index in [4.69, 9.17) is 9.72 Å². The monoisotopic (exact) mass is 443 g/mol. The van der Waals surface area contributed by atoms with Gasteiger partial charge in [-0.3, -0.25) is 14.6 Å². The molecule has 5 rings (SSSR count). The minimum Gasteiger partial charge on any atom is -0.383 e. The Labute approximate surface area is 195 Å². The summed E-state index contributed by atoms with van der Waals surface area (Å²) in [5.41, 5.74) is 7.55. The van der Waals surface area contributed by atoms with E-state index in [-0.39, 0.29) is 0 Å². The number of pyridine rings is 1. The van der Waals surface area contributed by atoms with E-state index in [1.165, 1.54) is 40.7 Å². The number of methoxy groups -OCH3 is 1. The van der Waals surface area contributed by atoms with Crippen LogP contribution in [0.4, 0.5) is 0 Å². The summed E-state index contributed by atoms with van der Waals surface area (Å²) in [5.74, 6) is 0.476. The molecule has 0 radical (unpaired) electrons. The molecule has 33 heavy (non-hydrogen) atoms. The lowest BCUT2D eigenvalue weighted by Crippen LogP contribution is -2.34. The zero-order valence-electron chi connectivity index (χ0n) is 19.9. The van der Waals surface area contributed by atoms with Gasteiger partial charge in [0, 0.05) is 85.5 Å². The van der Waals surface area contributed by atoms with E-state index in [0.29, 0.717) is 5.92 Å². The van der Waals surface area contributed by atoms with Crippen LogP contribution in [0.2, 0.25) is 0 Å². The third-order valence-electron chi connectivity index (χ3n) is 7.01. The largest absolute Gasteiger partial charge is 0.383 e. The van der Waals surface area contributed by atoms with Crippen molar-refractivity contribution in [3.8, 4) is 11.1 Å². The molecule has 0 spiro atoms. The molecule has 1 saturated heterocycles. The smallest absolute Gasteiger partial charge is 0.0642 e. The van der Waals surface area contributed by atoms with Crippen LogP contribution in [0.5, 0.6) is 0 Å². The Bertz CT molecular complexity index is 1220. The lowest BCUT2D eigenvalue weighted by atomic mass is 9.93. The molecule has 0 saturated carbocycles. The number of piperidine rings is 1. The normalized spacial score (nSPS) is 17.1. The number of rotatable bonds is 7. The van der Waals surface area contributed by atoms with Crippen molar-refractivity contribution in [3.05, 3.63) is 71.9 Å². The molecule has 172 valence electrons. The first-order valence-electron chi connectivity index (χ1n) is 11.9. The van der Waals surface area contributed by atoms with Gasteiger partial charge in [0.1, 0.15) is 0 Å². The predicted octanol–water partition coefficient (Wildman–Crippen LogP) is 4.77. The standard InChI is InChI=1S/C27H33N5O/c1-20-25(24-8-4-5-9-27(24)32(20)13-14-33-3)19-31-12-6-7-22(18-31)26-11-10-21(15-28-26)23-16-29-30(2)17-23/h4-5,8-11,15-17,22H,6-7,12-14,18-19H2,1-3H3/t22-/m0/s1. The molecule has 1 aromatic carbocycles. The quantitative estimate of drug-likeness (QED) is 0.413. The summed E-state index contributed by atoms with van der Waals surface area (Å²) in [6, 6.07) is 13.2. The van der Waals surface area contributed by atoms with Crippen molar-refractivity contribution in [1.82, 2.24) is 24.2 Å². The van der Waals surface area contributed by atoms with E-state index < -0.39 is 0 Å². The molecule has 0 N–H and O–H groups in total. The van der Waals surface area contributed by atoms with Crippen LogP contribution in [-0.4, -0.2) is 51.0 Å². The lowest BCUT2D eigenvalue weighted by Gasteiger charge is -2.32. The molecule has 4 aromatic rings. The second-order valence-corrected chi connectivity index (χ2v) is 9.17. The molecule has 6 heteroatoms. The first kappa shape index (κ1) is 21.9. The van der Waals surface area contributed by atoms with Crippen molar-refractivity contribution in [1.29, 1.82) is 0 Å². The second-order valence-electron chi connectivity index (χ2n) is 9.17. The molecule has 0 aliphatic carbocycles. The number of nitrogens with zero attached hydrogens (tertiary/aromatic N) is 5. The number of hydrogen-bond acceptors (Lipinski definition) is 4. The van der Waals surface area contributed by atoms with Crippen molar-refractivity contribution in [2.75, 3.05) is 26.8 Å². The Hall–Kier alpha value is -2.96. The van der Waals surface area contributed by atoms with Crippen LogP contribution in [0.15, 0.2) is 55.0 Å². The van der Waals surface area contributed by atoms with E-state index in [0.717, 1.165) is 43.9 Å². The molecule has 3 aromatic heterocycles. The van der Waals surface area contributed by atoms with E-state index in [1.54, 1.807) is 7.11 Å². The van der Waals surface area contributed by atoms with Crippen LogP contribution in [0.25, 0.3) is 22.0 Å². The highest BCUT2D eigenvalue weighted by Crippen LogP contribution is 2.31. The summed E-state index contributed by atoms with van der Waals surface area (Å²) >= 11 is 0. The van der Waals surface area contributed by atoms with Crippen LogP contribution >= 0.6 is 0 Å². The van der Waals surface area contributed by atoms with Gasteiger partial charge in [-0.25, -0.2) is 0 Å². The Morgan fingerprint density at radius 1 is 1.09 bits per heavy atom. The summed E-state index contributed by atoms with van der Waals surface area (Å²) in [7, 11) is 3.71. The molecule has 0 amide bonds. The summed E-state index contributed by atoms with van der Waals surface area (Å²) < 4.78 is 9.61. The maximum atomic E-state index is 5.37. The number of likely N-dealkylation sites (tertiary alicyclic amines) is 1. The maximum absolute atomic E-state index is 5.37. The highest BCUT2D eigenvalue weighted by molar-refractivity contribution is 5.85. The number of aromatic nitrogens is 4. The summed E-state index contributed by atoms with van der Waals surface area (Å²) in [6.07, 6.45) is 8.33. The van der Waals surface area contributed by atoms with Gasteiger partial charge in [0.05, 0.1) is 12.8 Å². The van der Waals surface area contributed by atoms with Crippen LogP contribution in [0.1, 0.15) is 35.7 Å². The zero-order valence-corrected chi connectivity index (χ0v) is 19.9. The van der Waals surface area contributed by atoms with Gasteiger partial charge >= 0.3 is 0 Å². The van der Waals surface area contributed by atoms with Crippen molar-refractivity contribution in [2.24, 2.45) is 7.05 Å². The number of aryl methyl sites for hydroxylation is 1. The minimum absolute atomic E-state index is 0.476. The number of para-hydroxylation sites is 1. The fourth-order valence-electron chi connectivity index (χ4n) is 5.23. The van der Waals surface area contributed by atoms with Gasteiger partial charge in [0.2, 0.25) is 0 Å². The SMILES string of the molecule is COCCn1c(C)c(CN2CCC[C@H](c3ccc(-c4cnn(C)c4)cn3)C2)c2ccccc21. The molecule has 6 nitrogen and oxygen atoms in total. The zero-order chi connectivity index (χ0) is 22.8. The fraction of sp³-hybridized carbons (Fsp3) is 0.407. The van der Waals surface area contributed by atoms with Crippen LogP contribution in [0, 0.1) is 6.92 Å². The van der Waals surface area contributed by atoms with Gasteiger partial charge in [-0.15, -0.1) is 0 Å². The highest BCUT2D eigenvalue weighted by atomic mass is 16.5. The number of ether oxygens (including phenoxy) is 1. The summed E-state index contributed by atoms with van der Waals surface area (Å²) in [6.45, 7) is 7.05. The van der Waals surface area contributed by atoms with Crippen LogP contribution in [0.3, 0.4) is 0 Å². The van der Waals surface area contributed by atoms with Gasteiger partial charge < -0.3 is 9.30 Å². The molecule has 0 bridgehead atoms.